The van der Waals surface area contributed by atoms with Crippen molar-refractivity contribution in [2.24, 2.45) is 16.5 Å². The molecular weight excluding hydrogens is 616 g/mol. The van der Waals surface area contributed by atoms with Crippen LogP contribution in [0.3, 0.4) is 0 Å². The molecule has 0 fully saturated rings. The minimum Gasteiger partial charge on any atom is -0.481 e. The Morgan fingerprint density at radius 3 is 1.65 bits per heavy atom. The van der Waals surface area contributed by atoms with Crippen LogP contribution in [0.25, 0.3) is 0 Å². The summed E-state index contributed by atoms with van der Waals surface area (Å²) in [6, 6.07) is -0.634. The highest BCUT2D eigenvalue weighted by Crippen LogP contribution is 2.11. The van der Waals surface area contributed by atoms with E-state index >= 15 is 0 Å². The molecule has 0 radical (unpaired) electrons. The van der Waals surface area contributed by atoms with Crippen molar-refractivity contribution in [2.45, 2.75) is 168 Å². The number of hydrogen-bond donors (Lipinski definition) is 4. The van der Waals surface area contributed by atoms with Crippen LogP contribution in [0.15, 0.2) is 53.6 Å². The number of allylic oxidation sites excluding steroid dienone is 8. The summed E-state index contributed by atoms with van der Waals surface area (Å²) in [5.74, 6) is -1.19. The Balaban J connectivity index is 0. The van der Waals surface area contributed by atoms with E-state index in [0.29, 0.717) is 25.8 Å². The number of aliphatic carboxylic acids is 1. The number of guanidine groups is 1. The molecule has 0 aliphatic carbocycles. The van der Waals surface area contributed by atoms with Crippen LogP contribution < -0.4 is 16.8 Å². The normalized spacial score (nSPS) is 12.0. The molecule has 0 unspecified atom stereocenters. The standard InChI is InChI=1S/C20H40N4O3.C20H32O2/c1-3-5-6-7-8-9-10-11-12-15-18(25)24-17(19(26)27-4-2)14-13-16-23-20(21)22;1-2-3-4-5-6-7-8-9-10-11-12-13-14-15-16-17-18-19-20(21)22/h17H,3-16H2,1-2H3,(H,24,25)(H4,21,22,23);6-7,9-10,12-13,15-16H,2-5,8,11,14,17-19H2,1H3,(H,21,22)/b;7-6-,10-9-,13-12-,16-15-/t17-;/m0./s1. The Morgan fingerprint density at radius 1 is 0.653 bits per heavy atom. The number of hydrogen-bond acceptors (Lipinski definition) is 5. The quantitative estimate of drug-likeness (QED) is 0.0186. The predicted molar refractivity (Wildman–Crippen MR) is 206 cm³/mol. The highest BCUT2D eigenvalue weighted by atomic mass is 16.5. The molecule has 1 atom stereocenters. The highest BCUT2D eigenvalue weighted by Gasteiger charge is 2.21. The second kappa shape index (κ2) is 39.1. The largest absolute Gasteiger partial charge is 0.481 e. The molecule has 1 amide bonds. The number of carbonyl (C=O) groups excluding carboxylic acids is 2. The number of carbonyl (C=O) groups is 3. The molecule has 9 heteroatoms. The van der Waals surface area contributed by atoms with E-state index in [1.54, 1.807) is 6.92 Å². The van der Waals surface area contributed by atoms with Crippen LogP contribution in [0.4, 0.5) is 0 Å². The number of ether oxygens (including phenoxy) is 1. The molecule has 6 N–H and O–H groups in total. The fraction of sp³-hybridized carbons (Fsp3) is 0.700. The predicted octanol–water partition coefficient (Wildman–Crippen LogP) is 9.23. The molecular formula is C40H72N4O5. The van der Waals surface area contributed by atoms with E-state index in [2.05, 4.69) is 72.8 Å². The van der Waals surface area contributed by atoms with Crippen molar-refractivity contribution in [3.8, 4) is 0 Å². The Bertz CT molecular complexity index is 939. The maximum Gasteiger partial charge on any atom is 0.328 e. The van der Waals surface area contributed by atoms with Crippen molar-refractivity contribution in [3.63, 3.8) is 0 Å². The molecule has 9 nitrogen and oxygen atoms in total. The fourth-order valence-electron chi connectivity index (χ4n) is 4.79. The molecule has 0 saturated heterocycles. The van der Waals surface area contributed by atoms with Gasteiger partial charge in [0, 0.05) is 19.4 Å². The van der Waals surface area contributed by atoms with Gasteiger partial charge < -0.3 is 26.6 Å². The van der Waals surface area contributed by atoms with Gasteiger partial charge in [0.25, 0.3) is 0 Å². The number of amides is 1. The van der Waals surface area contributed by atoms with Crippen LogP contribution in [0.1, 0.15) is 162 Å². The second-order valence-corrected chi connectivity index (χ2v) is 12.3. The molecule has 0 aliphatic rings. The number of carboxylic acids is 1. The van der Waals surface area contributed by atoms with Crippen LogP contribution in [0.5, 0.6) is 0 Å². The minimum atomic E-state index is -0.712. The van der Waals surface area contributed by atoms with Crippen molar-refractivity contribution >= 4 is 23.8 Å². The summed E-state index contributed by atoms with van der Waals surface area (Å²) in [6.45, 7) is 6.92. The average Bonchev–Trinajstić information content (AvgIpc) is 3.07. The number of rotatable bonds is 31. The van der Waals surface area contributed by atoms with E-state index in [0.717, 1.165) is 44.9 Å². The van der Waals surface area contributed by atoms with Gasteiger partial charge in [-0.1, -0.05) is 127 Å². The highest BCUT2D eigenvalue weighted by molar-refractivity contribution is 5.84. The van der Waals surface area contributed by atoms with Gasteiger partial charge in [0.05, 0.1) is 6.61 Å². The third-order valence-electron chi connectivity index (χ3n) is 7.58. The lowest BCUT2D eigenvalue weighted by molar-refractivity contribution is -0.147. The number of nitrogens with zero attached hydrogens (tertiary/aromatic N) is 1. The third kappa shape index (κ3) is 40.7. The van der Waals surface area contributed by atoms with Gasteiger partial charge in [-0.05, 0) is 71.1 Å². The van der Waals surface area contributed by atoms with Gasteiger partial charge in [0.1, 0.15) is 6.04 Å². The lowest BCUT2D eigenvalue weighted by Crippen LogP contribution is -2.42. The van der Waals surface area contributed by atoms with Crippen LogP contribution in [0, 0.1) is 0 Å². The number of aliphatic imine (C=N–C) groups is 1. The zero-order valence-electron chi connectivity index (χ0n) is 31.3. The Hall–Kier alpha value is -3.36. The van der Waals surface area contributed by atoms with Gasteiger partial charge in [-0.15, -0.1) is 0 Å². The molecule has 0 heterocycles. The lowest BCUT2D eigenvalue weighted by atomic mass is 10.1. The van der Waals surface area contributed by atoms with Gasteiger partial charge in [0.2, 0.25) is 5.91 Å². The number of nitrogens with one attached hydrogen (secondary N) is 1. The van der Waals surface area contributed by atoms with Crippen molar-refractivity contribution in [3.05, 3.63) is 48.6 Å². The lowest BCUT2D eigenvalue weighted by Gasteiger charge is -2.17. The van der Waals surface area contributed by atoms with Crippen molar-refractivity contribution in [1.82, 2.24) is 5.32 Å². The van der Waals surface area contributed by atoms with Crippen molar-refractivity contribution in [2.75, 3.05) is 13.2 Å². The number of nitrogens with two attached hydrogens (primary N) is 2. The van der Waals surface area contributed by atoms with E-state index in [1.807, 2.05) is 0 Å². The topological polar surface area (TPSA) is 157 Å². The number of carboxylic acid groups (broad SMARTS) is 1. The first kappa shape index (κ1) is 47.8. The van der Waals surface area contributed by atoms with E-state index in [-0.39, 0.29) is 24.9 Å². The Kier molecular flexibility index (Phi) is 38.1. The zero-order chi connectivity index (χ0) is 36.6. The first-order chi connectivity index (χ1) is 23.8. The van der Waals surface area contributed by atoms with Crippen LogP contribution >= 0.6 is 0 Å². The number of esters is 1. The molecule has 0 aromatic rings. The monoisotopic (exact) mass is 689 g/mol. The maximum absolute atomic E-state index is 12.1. The van der Waals surface area contributed by atoms with Crippen molar-refractivity contribution in [1.29, 1.82) is 0 Å². The van der Waals surface area contributed by atoms with Crippen LogP contribution in [0.2, 0.25) is 0 Å². The molecule has 0 saturated carbocycles. The van der Waals surface area contributed by atoms with Gasteiger partial charge in [-0.3, -0.25) is 14.6 Å². The first-order valence-corrected chi connectivity index (χ1v) is 19.1. The van der Waals surface area contributed by atoms with Gasteiger partial charge in [-0.25, -0.2) is 4.79 Å². The smallest absolute Gasteiger partial charge is 0.328 e. The van der Waals surface area contributed by atoms with E-state index in [9.17, 15) is 14.4 Å². The molecule has 0 aromatic carbocycles. The summed E-state index contributed by atoms with van der Waals surface area (Å²) in [5, 5.41) is 11.3. The summed E-state index contributed by atoms with van der Waals surface area (Å²) in [4.78, 5) is 38.3. The number of unbranched alkanes of at least 4 members (excludes halogenated alkanes) is 12. The summed E-state index contributed by atoms with van der Waals surface area (Å²) in [6.07, 6.45) is 39.7. The molecule has 0 aromatic heterocycles. The molecule has 0 spiro atoms. The second-order valence-electron chi connectivity index (χ2n) is 12.3. The third-order valence-corrected chi connectivity index (χ3v) is 7.58. The maximum atomic E-state index is 12.1. The Labute approximate surface area is 299 Å². The summed E-state index contributed by atoms with van der Waals surface area (Å²) >= 11 is 0. The first-order valence-electron chi connectivity index (χ1n) is 19.1. The van der Waals surface area contributed by atoms with Gasteiger partial charge in [0.15, 0.2) is 5.96 Å². The molecule has 0 aliphatic heterocycles. The van der Waals surface area contributed by atoms with E-state index < -0.39 is 18.0 Å². The minimum absolute atomic E-state index is 0.0251. The zero-order valence-corrected chi connectivity index (χ0v) is 31.3. The van der Waals surface area contributed by atoms with Gasteiger partial charge >= 0.3 is 11.9 Å². The average molecular weight is 689 g/mol. The summed E-state index contributed by atoms with van der Waals surface area (Å²) in [7, 11) is 0. The van der Waals surface area contributed by atoms with E-state index in [4.69, 9.17) is 21.3 Å². The molecule has 282 valence electrons. The SMILES string of the molecule is CCCCC/C=C\C/C=C\C/C=C\C/C=C\CCCC(=O)O.CCCCCCCCCCCC(=O)N[C@@H](CCCN=C(N)N)C(=O)OCC. The van der Waals surface area contributed by atoms with Crippen LogP contribution in [-0.2, 0) is 19.1 Å². The van der Waals surface area contributed by atoms with Crippen molar-refractivity contribution < 1.29 is 24.2 Å². The van der Waals surface area contributed by atoms with Crippen LogP contribution in [-0.4, -0.2) is 48.1 Å². The fourth-order valence-corrected chi connectivity index (χ4v) is 4.79. The Morgan fingerprint density at radius 2 is 1.14 bits per heavy atom. The summed E-state index contributed by atoms with van der Waals surface area (Å²) < 4.78 is 5.04. The molecule has 0 bridgehead atoms. The van der Waals surface area contributed by atoms with E-state index in [1.165, 1.54) is 70.6 Å². The molecule has 0 rings (SSSR count). The van der Waals surface area contributed by atoms with Gasteiger partial charge in [-0.2, -0.15) is 0 Å². The molecule has 49 heavy (non-hydrogen) atoms. The summed E-state index contributed by atoms with van der Waals surface area (Å²) in [5.41, 5.74) is 10.6.